The number of carbonyl (C=O) groups excluding carboxylic acids is 1. The highest BCUT2D eigenvalue weighted by molar-refractivity contribution is 5.95. The van der Waals surface area contributed by atoms with Crippen molar-refractivity contribution in [3.63, 3.8) is 0 Å². The molecule has 4 heteroatoms. The Bertz CT molecular complexity index is 632. The maximum Gasteiger partial charge on any atom is 0.244 e. The first-order valence-corrected chi connectivity index (χ1v) is 7.14. The van der Waals surface area contributed by atoms with E-state index in [9.17, 15) is 4.79 Å². The van der Waals surface area contributed by atoms with Crippen LogP contribution in [0, 0.1) is 0 Å². The lowest BCUT2D eigenvalue weighted by atomic mass is 10.1. The predicted molar refractivity (Wildman–Crippen MR) is 84.7 cm³/mol. The van der Waals surface area contributed by atoms with Crippen LogP contribution in [0.15, 0.2) is 42.6 Å². The molecule has 1 atom stereocenters. The molecule has 0 bridgehead atoms. The van der Waals surface area contributed by atoms with Gasteiger partial charge in [-0.25, -0.2) is 0 Å². The van der Waals surface area contributed by atoms with E-state index in [-0.39, 0.29) is 18.6 Å². The number of nitrogens with zero attached hydrogens (tertiary/aromatic N) is 1. The zero-order valence-corrected chi connectivity index (χ0v) is 12.1. The van der Waals surface area contributed by atoms with Crippen molar-refractivity contribution in [1.29, 1.82) is 0 Å². The Morgan fingerprint density at radius 1 is 1.38 bits per heavy atom. The Morgan fingerprint density at radius 3 is 3.00 bits per heavy atom. The maximum atomic E-state index is 11.8. The van der Waals surface area contributed by atoms with Crippen LogP contribution in [-0.4, -0.2) is 28.6 Å². The topological polar surface area (TPSA) is 62.2 Å². The standard InChI is InChI=1S/C17H20N2O2/c1-13(5-4-12-20)19-16(21)10-9-15-7-2-6-14-8-3-11-18-17(14)15/h2-3,6-11,13,20H,4-5,12H2,1H3,(H,19,21)/b10-9+. The molecule has 0 aliphatic heterocycles. The van der Waals surface area contributed by atoms with Gasteiger partial charge in [0.05, 0.1) is 5.52 Å². The van der Waals surface area contributed by atoms with Gasteiger partial charge in [-0.15, -0.1) is 0 Å². The second-order valence-corrected chi connectivity index (χ2v) is 5.03. The Hall–Kier alpha value is -2.20. The summed E-state index contributed by atoms with van der Waals surface area (Å²) in [5.41, 5.74) is 1.81. The number of benzene rings is 1. The molecule has 0 radical (unpaired) electrons. The summed E-state index contributed by atoms with van der Waals surface area (Å²) in [6.07, 6.45) is 6.52. The quantitative estimate of drug-likeness (QED) is 0.801. The molecular formula is C17H20N2O2. The lowest BCUT2D eigenvalue weighted by Gasteiger charge is -2.11. The minimum Gasteiger partial charge on any atom is -0.396 e. The van der Waals surface area contributed by atoms with Crippen LogP contribution in [0.2, 0.25) is 0 Å². The summed E-state index contributed by atoms with van der Waals surface area (Å²) in [4.78, 5) is 16.2. The minimum atomic E-state index is -0.131. The van der Waals surface area contributed by atoms with Crippen molar-refractivity contribution in [2.45, 2.75) is 25.8 Å². The molecule has 2 aromatic rings. The second kappa shape index (κ2) is 7.55. The van der Waals surface area contributed by atoms with E-state index < -0.39 is 0 Å². The lowest BCUT2D eigenvalue weighted by Crippen LogP contribution is -2.31. The highest BCUT2D eigenvalue weighted by atomic mass is 16.2. The molecule has 2 rings (SSSR count). The molecule has 1 amide bonds. The highest BCUT2D eigenvalue weighted by Gasteiger charge is 2.04. The van der Waals surface area contributed by atoms with Gasteiger partial charge in [-0.05, 0) is 31.9 Å². The summed E-state index contributed by atoms with van der Waals surface area (Å²) in [6, 6.07) is 9.83. The van der Waals surface area contributed by atoms with Crippen molar-refractivity contribution >= 4 is 22.9 Å². The van der Waals surface area contributed by atoms with Crippen LogP contribution in [0.3, 0.4) is 0 Å². The Labute approximate surface area is 124 Å². The average Bonchev–Trinajstić information content (AvgIpc) is 2.51. The SMILES string of the molecule is CC(CCCO)NC(=O)/C=C/c1cccc2cccnc12. The summed E-state index contributed by atoms with van der Waals surface area (Å²) >= 11 is 0. The molecule has 0 spiro atoms. The largest absolute Gasteiger partial charge is 0.396 e. The third-order valence-corrected chi connectivity index (χ3v) is 3.26. The number of fused-ring (bicyclic) bond motifs is 1. The molecule has 110 valence electrons. The van der Waals surface area contributed by atoms with E-state index in [4.69, 9.17) is 5.11 Å². The van der Waals surface area contributed by atoms with Gasteiger partial charge in [0.25, 0.3) is 0 Å². The van der Waals surface area contributed by atoms with Crippen LogP contribution in [-0.2, 0) is 4.79 Å². The molecule has 0 saturated heterocycles. The second-order valence-electron chi connectivity index (χ2n) is 5.03. The number of aliphatic hydroxyl groups is 1. The van der Waals surface area contributed by atoms with E-state index in [1.807, 2.05) is 37.3 Å². The third-order valence-electron chi connectivity index (χ3n) is 3.26. The van der Waals surface area contributed by atoms with Crippen LogP contribution in [0.1, 0.15) is 25.3 Å². The minimum absolute atomic E-state index is 0.0555. The fourth-order valence-electron chi connectivity index (χ4n) is 2.19. The highest BCUT2D eigenvalue weighted by Crippen LogP contribution is 2.16. The fraction of sp³-hybridized carbons (Fsp3) is 0.294. The molecule has 0 aliphatic rings. The summed E-state index contributed by atoms with van der Waals surface area (Å²) in [5.74, 6) is -0.131. The number of hydrogen-bond acceptors (Lipinski definition) is 3. The molecule has 1 aromatic carbocycles. The Balaban J connectivity index is 2.04. The van der Waals surface area contributed by atoms with Crippen LogP contribution in [0.5, 0.6) is 0 Å². The number of aromatic nitrogens is 1. The molecule has 1 heterocycles. The summed E-state index contributed by atoms with van der Waals surface area (Å²) in [7, 11) is 0. The molecule has 0 fully saturated rings. The van der Waals surface area contributed by atoms with Gasteiger partial charge in [-0.1, -0.05) is 24.3 Å². The van der Waals surface area contributed by atoms with Gasteiger partial charge >= 0.3 is 0 Å². The van der Waals surface area contributed by atoms with Crippen molar-refractivity contribution in [2.24, 2.45) is 0 Å². The maximum absolute atomic E-state index is 11.8. The van der Waals surface area contributed by atoms with Gasteiger partial charge in [-0.2, -0.15) is 0 Å². The molecule has 21 heavy (non-hydrogen) atoms. The van der Waals surface area contributed by atoms with E-state index in [1.165, 1.54) is 6.08 Å². The van der Waals surface area contributed by atoms with Crippen molar-refractivity contribution in [2.75, 3.05) is 6.61 Å². The summed E-state index contributed by atoms with van der Waals surface area (Å²) < 4.78 is 0. The number of para-hydroxylation sites is 1. The van der Waals surface area contributed by atoms with Gasteiger partial charge in [0.1, 0.15) is 0 Å². The van der Waals surface area contributed by atoms with Crippen molar-refractivity contribution in [3.8, 4) is 0 Å². The van der Waals surface area contributed by atoms with Crippen LogP contribution in [0.4, 0.5) is 0 Å². The Kier molecular flexibility index (Phi) is 5.46. The fourth-order valence-corrected chi connectivity index (χ4v) is 2.19. The van der Waals surface area contributed by atoms with Gasteiger partial charge in [-0.3, -0.25) is 9.78 Å². The first kappa shape index (κ1) is 15.2. The predicted octanol–water partition coefficient (Wildman–Crippen LogP) is 2.53. The van der Waals surface area contributed by atoms with Crippen LogP contribution in [0.25, 0.3) is 17.0 Å². The number of amides is 1. The van der Waals surface area contributed by atoms with E-state index in [2.05, 4.69) is 10.3 Å². The number of nitrogens with one attached hydrogen (secondary N) is 1. The normalized spacial score (nSPS) is 12.7. The number of rotatable bonds is 6. The van der Waals surface area contributed by atoms with E-state index >= 15 is 0 Å². The Morgan fingerprint density at radius 2 is 2.19 bits per heavy atom. The molecule has 1 unspecified atom stereocenters. The molecule has 1 aromatic heterocycles. The zero-order chi connectivity index (χ0) is 15.1. The van der Waals surface area contributed by atoms with Gasteiger partial charge < -0.3 is 10.4 Å². The number of hydrogen-bond donors (Lipinski definition) is 2. The lowest BCUT2D eigenvalue weighted by molar-refractivity contribution is -0.117. The summed E-state index contributed by atoms with van der Waals surface area (Å²) in [5, 5.41) is 12.7. The number of carbonyl (C=O) groups is 1. The average molecular weight is 284 g/mol. The number of pyridine rings is 1. The van der Waals surface area contributed by atoms with Crippen molar-refractivity contribution in [3.05, 3.63) is 48.2 Å². The molecule has 2 N–H and O–H groups in total. The van der Waals surface area contributed by atoms with Crippen LogP contribution >= 0.6 is 0 Å². The molecule has 4 nitrogen and oxygen atoms in total. The third kappa shape index (κ3) is 4.39. The van der Waals surface area contributed by atoms with Gasteiger partial charge in [0, 0.05) is 35.9 Å². The van der Waals surface area contributed by atoms with Crippen molar-refractivity contribution in [1.82, 2.24) is 10.3 Å². The molecular weight excluding hydrogens is 264 g/mol. The van der Waals surface area contributed by atoms with Gasteiger partial charge in [0.2, 0.25) is 5.91 Å². The first-order valence-electron chi connectivity index (χ1n) is 7.14. The summed E-state index contributed by atoms with van der Waals surface area (Å²) in [6.45, 7) is 2.08. The molecule has 0 saturated carbocycles. The first-order chi connectivity index (χ1) is 10.2. The number of aliphatic hydroxyl groups excluding tert-OH is 1. The molecule has 0 aliphatic carbocycles. The zero-order valence-electron chi connectivity index (χ0n) is 12.1. The monoisotopic (exact) mass is 284 g/mol. The van der Waals surface area contributed by atoms with E-state index in [0.717, 1.165) is 22.9 Å². The van der Waals surface area contributed by atoms with Crippen LogP contribution < -0.4 is 5.32 Å². The van der Waals surface area contributed by atoms with Gasteiger partial charge in [0.15, 0.2) is 0 Å². The van der Waals surface area contributed by atoms with E-state index in [0.29, 0.717) is 6.42 Å². The van der Waals surface area contributed by atoms with Crippen molar-refractivity contribution < 1.29 is 9.90 Å². The van der Waals surface area contributed by atoms with E-state index in [1.54, 1.807) is 12.3 Å². The smallest absolute Gasteiger partial charge is 0.244 e.